The van der Waals surface area contributed by atoms with Crippen LogP contribution in [0.5, 0.6) is 5.75 Å². The van der Waals surface area contributed by atoms with E-state index in [4.69, 9.17) is 0 Å². The average Bonchev–Trinajstić information content (AvgIpc) is 3.05. The van der Waals surface area contributed by atoms with Gasteiger partial charge in [-0.3, -0.25) is 9.59 Å². The lowest BCUT2D eigenvalue weighted by atomic mass is 10.1. The first-order chi connectivity index (χ1) is 11.5. The third-order valence-corrected chi connectivity index (χ3v) is 4.95. The average molecular weight is 348 g/mol. The molecule has 130 valence electrons. The van der Waals surface area contributed by atoms with Crippen molar-refractivity contribution < 1.29 is 14.7 Å². The van der Waals surface area contributed by atoms with Gasteiger partial charge in [-0.25, -0.2) is 0 Å². The van der Waals surface area contributed by atoms with E-state index < -0.39 is 6.04 Å². The molecule has 0 radical (unpaired) electrons. The number of amides is 2. The molecule has 6 heteroatoms. The molecule has 0 saturated carbocycles. The summed E-state index contributed by atoms with van der Waals surface area (Å²) in [4.78, 5) is 26.5. The maximum Gasteiger partial charge on any atom is 0.250 e. The molecule has 0 aliphatic carbocycles. The van der Waals surface area contributed by atoms with Gasteiger partial charge < -0.3 is 15.3 Å². The molecule has 1 atom stereocenters. The van der Waals surface area contributed by atoms with Crippen LogP contribution in [0.3, 0.4) is 0 Å². The molecule has 1 aromatic carbocycles. The lowest BCUT2D eigenvalue weighted by Gasteiger charge is -2.23. The van der Waals surface area contributed by atoms with E-state index in [2.05, 4.69) is 5.32 Å². The molecule has 1 aliphatic heterocycles. The molecule has 2 rings (SSSR count). The minimum Gasteiger partial charge on any atom is -0.508 e. The number of phenols is 1. The van der Waals surface area contributed by atoms with Crippen LogP contribution in [0.25, 0.3) is 0 Å². The summed E-state index contributed by atoms with van der Waals surface area (Å²) in [6.45, 7) is 4.30. The molecule has 1 aromatic rings. The summed E-state index contributed by atoms with van der Waals surface area (Å²) in [6, 6.07) is 6.54. The summed E-state index contributed by atoms with van der Waals surface area (Å²) >= 11 is 1.60. The van der Waals surface area contributed by atoms with Gasteiger partial charge in [0.25, 0.3) is 5.91 Å². The van der Waals surface area contributed by atoms with E-state index in [0.717, 1.165) is 12.0 Å². The fraction of sp³-hybridized carbons (Fsp3) is 0.444. The van der Waals surface area contributed by atoms with Crippen LogP contribution >= 0.6 is 11.8 Å². The Balaban J connectivity index is 1.87. The van der Waals surface area contributed by atoms with E-state index in [0.29, 0.717) is 30.2 Å². The topological polar surface area (TPSA) is 69.6 Å². The maximum atomic E-state index is 12.4. The van der Waals surface area contributed by atoms with Crippen molar-refractivity contribution in [3.05, 3.63) is 41.5 Å². The first-order valence-corrected chi connectivity index (χ1v) is 9.29. The molecule has 0 spiro atoms. The molecule has 5 nitrogen and oxygen atoms in total. The summed E-state index contributed by atoms with van der Waals surface area (Å²) in [5.74, 6) is 1.27. The van der Waals surface area contributed by atoms with Crippen molar-refractivity contribution in [3.63, 3.8) is 0 Å². The lowest BCUT2D eigenvalue weighted by Crippen LogP contribution is -2.47. The number of hydrogen-bond donors (Lipinski definition) is 2. The Labute approximate surface area is 147 Å². The number of carbonyl (C=O) groups is 2. The van der Waals surface area contributed by atoms with Crippen LogP contribution in [0.2, 0.25) is 0 Å². The van der Waals surface area contributed by atoms with Gasteiger partial charge in [0.2, 0.25) is 5.91 Å². The predicted octanol–water partition coefficient (Wildman–Crippen LogP) is 2.31. The number of allylic oxidation sites excluding steroid dienone is 1. The normalized spacial score (nSPS) is 17.8. The summed E-state index contributed by atoms with van der Waals surface area (Å²) in [6.07, 6.45) is 3.39. The quantitative estimate of drug-likeness (QED) is 0.774. The van der Waals surface area contributed by atoms with Crippen LogP contribution < -0.4 is 5.32 Å². The molecule has 1 aliphatic rings. The van der Waals surface area contributed by atoms with Crippen LogP contribution in [0, 0.1) is 0 Å². The molecule has 0 bridgehead atoms. The Bertz CT molecular complexity index is 613. The van der Waals surface area contributed by atoms with Gasteiger partial charge in [0.05, 0.1) is 5.88 Å². The number of carbonyl (C=O) groups excluding carboxylic acids is 2. The van der Waals surface area contributed by atoms with Gasteiger partial charge in [-0.15, -0.1) is 11.8 Å². The van der Waals surface area contributed by atoms with Gasteiger partial charge in [0.1, 0.15) is 11.8 Å². The van der Waals surface area contributed by atoms with Crippen LogP contribution in [0.1, 0.15) is 25.8 Å². The highest BCUT2D eigenvalue weighted by Crippen LogP contribution is 2.23. The fourth-order valence-electron chi connectivity index (χ4n) is 2.59. The Hall–Kier alpha value is -1.95. The van der Waals surface area contributed by atoms with Crippen molar-refractivity contribution in [2.24, 2.45) is 0 Å². The molecule has 1 fully saturated rings. The largest absolute Gasteiger partial charge is 0.508 e. The number of benzene rings is 1. The van der Waals surface area contributed by atoms with Crippen LogP contribution in [0.15, 0.2) is 35.9 Å². The number of rotatable bonds is 6. The summed E-state index contributed by atoms with van der Waals surface area (Å²) in [7, 11) is 0. The number of aromatic hydroxyl groups is 1. The van der Waals surface area contributed by atoms with Crippen molar-refractivity contribution in [1.29, 1.82) is 0 Å². The number of nitrogens with zero attached hydrogens (tertiary/aromatic N) is 1. The molecule has 0 unspecified atom stereocenters. The Kier molecular flexibility index (Phi) is 6.73. The van der Waals surface area contributed by atoms with Gasteiger partial charge in [0.15, 0.2) is 0 Å². The van der Waals surface area contributed by atoms with E-state index in [9.17, 15) is 14.7 Å². The maximum absolute atomic E-state index is 12.4. The zero-order chi connectivity index (χ0) is 17.5. The summed E-state index contributed by atoms with van der Waals surface area (Å²) in [5.41, 5.74) is 1.74. The third-order valence-electron chi connectivity index (χ3n) is 3.94. The first-order valence-electron chi connectivity index (χ1n) is 8.14. The second-order valence-corrected chi connectivity index (χ2v) is 6.79. The smallest absolute Gasteiger partial charge is 0.250 e. The Morgan fingerprint density at radius 2 is 2.08 bits per heavy atom. The zero-order valence-electron chi connectivity index (χ0n) is 14.1. The van der Waals surface area contributed by atoms with Crippen LogP contribution in [0.4, 0.5) is 0 Å². The molecule has 24 heavy (non-hydrogen) atoms. The second kappa shape index (κ2) is 8.78. The van der Waals surface area contributed by atoms with E-state index >= 15 is 0 Å². The molecule has 1 heterocycles. The Morgan fingerprint density at radius 1 is 1.38 bits per heavy atom. The highest BCUT2D eigenvalue weighted by Gasteiger charge is 2.34. The van der Waals surface area contributed by atoms with E-state index in [1.54, 1.807) is 35.7 Å². The van der Waals surface area contributed by atoms with Gasteiger partial charge in [-0.05, 0) is 37.5 Å². The number of thioether (sulfide) groups is 1. The highest BCUT2D eigenvalue weighted by molar-refractivity contribution is 7.99. The Morgan fingerprint density at radius 3 is 2.75 bits per heavy atom. The van der Waals surface area contributed by atoms with Crippen molar-refractivity contribution in [3.8, 4) is 5.75 Å². The molecule has 2 N–H and O–H groups in total. The van der Waals surface area contributed by atoms with Gasteiger partial charge in [-0.2, -0.15) is 0 Å². The SMILES string of the molecule is CC/C=C(/C)C(=O)N1CSC[C@@H]1C(=O)NCCc1ccc(O)cc1. The standard InChI is InChI=1S/C18H24N2O3S/c1-3-4-13(2)18(23)20-12-24-11-16(20)17(22)19-10-9-14-5-7-15(21)8-6-14/h4-8,16,21H,3,9-12H2,1-2H3,(H,19,22)/b13-4-/t16-/m1/s1. The highest BCUT2D eigenvalue weighted by atomic mass is 32.2. The van der Waals surface area contributed by atoms with E-state index in [1.165, 1.54) is 0 Å². The minimum atomic E-state index is -0.400. The number of nitrogens with one attached hydrogen (secondary N) is 1. The number of hydrogen-bond acceptors (Lipinski definition) is 4. The van der Waals surface area contributed by atoms with Crippen molar-refractivity contribution >= 4 is 23.6 Å². The molecular weight excluding hydrogens is 324 g/mol. The number of phenolic OH excluding ortho intramolecular Hbond substituents is 1. The molecule has 0 aromatic heterocycles. The van der Waals surface area contributed by atoms with Gasteiger partial charge in [0, 0.05) is 17.9 Å². The van der Waals surface area contributed by atoms with E-state index in [-0.39, 0.29) is 17.6 Å². The van der Waals surface area contributed by atoms with Crippen LogP contribution in [-0.4, -0.2) is 46.0 Å². The van der Waals surface area contributed by atoms with E-state index in [1.807, 2.05) is 25.1 Å². The summed E-state index contributed by atoms with van der Waals surface area (Å²) in [5, 5.41) is 12.2. The van der Waals surface area contributed by atoms with Crippen molar-refractivity contribution in [2.45, 2.75) is 32.7 Å². The molecule has 1 saturated heterocycles. The zero-order valence-corrected chi connectivity index (χ0v) is 14.9. The first kappa shape index (κ1) is 18.4. The van der Waals surface area contributed by atoms with Crippen LogP contribution in [-0.2, 0) is 16.0 Å². The molecular formula is C18H24N2O3S. The summed E-state index contributed by atoms with van der Waals surface area (Å²) < 4.78 is 0. The lowest BCUT2D eigenvalue weighted by molar-refractivity contribution is -0.135. The fourth-order valence-corrected chi connectivity index (χ4v) is 3.74. The minimum absolute atomic E-state index is 0.0551. The monoisotopic (exact) mass is 348 g/mol. The van der Waals surface area contributed by atoms with Gasteiger partial charge in [-0.1, -0.05) is 25.1 Å². The third kappa shape index (κ3) is 4.77. The van der Waals surface area contributed by atoms with Crippen molar-refractivity contribution in [2.75, 3.05) is 18.2 Å². The van der Waals surface area contributed by atoms with Crippen molar-refractivity contribution in [1.82, 2.24) is 10.2 Å². The van der Waals surface area contributed by atoms with Gasteiger partial charge >= 0.3 is 0 Å². The second-order valence-electron chi connectivity index (χ2n) is 5.79. The predicted molar refractivity (Wildman–Crippen MR) is 96.8 cm³/mol. The molecule has 2 amide bonds.